The van der Waals surface area contributed by atoms with Gasteiger partial charge in [-0.2, -0.15) is 0 Å². The summed E-state index contributed by atoms with van der Waals surface area (Å²) in [7, 11) is 0. The summed E-state index contributed by atoms with van der Waals surface area (Å²) in [5.41, 5.74) is 1.23. The number of fused-ring (bicyclic) bond motifs is 1. The van der Waals surface area contributed by atoms with Crippen LogP contribution in [0.4, 0.5) is 4.79 Å². The van der Waals surface area contributed by atoms with Gasteiger partial charge in [-0.15, -0.1) is 0 Å². The smallest absolute Gasteiger partial charge is 0.410 e. The Morgan fingerprint density at radius 1 is 1.02 bits per heavy atom. The van der Waals surface area contributed by atoms with Gasteiger partial charge >= 0.3 is 6.09 Å². The van der Waals surface area contributed by atoms with Crippen LogP contribution in [-0.4, -0.2) is 103 Å². The summed E-state index contributed by atoms with van der Waals surface area (Å²) in [6, 6.07) is 5.66. The lowest BCUT2D eigenvalue weighted by atomic mass is 9.86. The Kier molecular flexibility index (Phi) is 10.7. The van der Waals surface area contributed by atoms with E-state index in [0.717, 1.165) is 57.3 Å². The van der Waals surface area contributed by atoms with E-state index in [4.69, 9.17) is 21.1 Å². The first-order valence-corrected chi connectivity index (χ1v) is 16.5. The molecule has 3 fully saturated rings. The van der Waals surface area contributed by atoms with Gasteiger partial charge in [0.25, 0.3) is 5.91 Å². The number of hydrogen-bond acceptors (Lipinski definition) is 6. The van der Waals surface area contributed by atoms with Crippen molar-refractivity contribution in [3.05, 3.63) is 58.7 Å². The highest BCUT2D eigenvalue weighted by Gasteiger charge is 2.35. The van der Waals surface area contributed by atoms with Crippen molar-refractivity contribution in [1.82, 2.24) is 20.0 Å². The molecule has 0 radical (unpaired) electrons. The zero-order valence-corrected chi connectivity index (χ0v) is 27.1. The molecule has 2 unspecified atom stereocenters. The standard InChI is InChI=1S/C34H47ClN4O5/c1-34(2,3)44-33(42)38-18-11-24(12-19-38)10-15-36-32(41)28-22-26(35)8-9-27(28)25-13-16-37(17-14-25)20-21-39-29-6-4-5-7-30(29)43-23-31(39)40/h4-9,22,24-25,29-30H,10-21,23H2,1-3H3,(H,36,41). The molecule has 0 saturated carbocycles. The molecule has 1 aromatic rings. The Bertz CT molecular complexity index is 1240. The number of likely N-dealkylation sites (tertiary alicyclic amines) is 2. The van der Waals surface area contributed by atoms with Gasteiger partial charge in [0.1, 0.15) is 18.3 Å². The molecule has 0 aromatic heterocycles. The second-order valence-electron chi connectivity index (χ2n) is 13.4. The van der Waals surface area contributed by atoms with E-state index in [2.05, 4.69) is 16.3 Å². The highest BCUT2D eigenvalue weighted by atomic mass is 35.5. The lowest BCUT2D eigenvalue weighted by Gasteiger charge is -2.41. The lowest BCUT2D eigenvalue weighted by Crippen LogP contribution is -2.55. The van der Waals surface area contributed by atoms with E-state index in [0.29, 0.717) is 42.7 Å². The second-order valence-corrected chi connectivity index (χ2v) is 13.9. The largest absolute Gasteiger partial charge is 0.444 e. The van der Waals surface area contributed by atoms with Crippen molar-refractivity contribution in [2.75, 3.05) is 52.4 Å². The number of carbonyl (C=O) groups is 3. The first kappa shape index (κ1) is 32.5. The van der Waals surface area contributed by atoms with Gasteiger partial charge in [0, 0.05) is 43.3 Å². The number of carbonyl (C=O) groups excluding carboxylic acids is 3. The predicted octanol–water partition coefficient (Wildman–Crippen LogP) is 5.01. The van der Waals surface area contributed by atoms with Crippen molar-refractivity contribution in [2.24, 2.45) is 5.92 Å². The second kappa shape index (κ2) is 14.5. The van der Waals surface area contributed by atoms with Crippen molar-refractivity contribution in [1.29, 1.82) is 0 Å². The predicted molar refractivity (Wildman–Crippen MR) is 171 cm³/mol. The molecule has 9 nitrogen and oxygen atoms in total. The Morgan fingerprint density at radius 3 is 2.48 bits per heavy atom. The van der Waals surface area contributed by atoms with Crippen LogP contribution in [0.3, 0.4) is 0 Å². The van der Waals surface area contributed by atoms with E-state index >= 15 is 0 Å². The number of amides is 3. The monoisotopic (exact) mass is 626 g/mol. The van der Waals surface area contributed by atoms with Crippen molar-refractivity contribution in [3.8, 4) is 0 Å². The Balaban J connectivity index is 1.07. The van der Waals surface area contributed by atoms with Gasteiger partial charge in [0.15, 0.2) is 0 Å². The van der Waals surface area contributed by atoms with Crippen LogP contribution < -0.4 is 5.32 Å². The molecular formula is C34H47ClN4O5. The minimum atomic E-state index is -0.492. The van der Waals surface area contributed by atoms with E-state index < -0.39 is 5.60 Å². The summed E-state index contributed by atoms with van der Waals surface area (Å²) in [5.74, 6) is 0.707. The van der Waals surface area contributed by atoms with Gasteiger partial charge in [-0.05, 0) is 95.5 Å². The first-order valence-electron chi connectivity index (χ1n) is 16.1. The quantitative estimate of drug-likeness (QED) is 0.436. The molecule has 4 aliphatic rings. The molecule has 1 aliphatic carbocycles. The fraction of sp³-hybridized carbons (Fsp3) is 0.618. The fourth-order valence-electron chi connectivity index (χ4n) is 6.71. The summed E-state index contributed by atoms with van der Waals surface area (Å²) in [6.45, 7) is 11.1. The molecule has 0 bridgehead atoms. The van der Waals surface area contributed by atoms with Crippen LogP contribution in [0.1, 0.15) is 74.7 Å². The molecule has 3 amide bonds. The van der Waals surface area contributed by atoms with Crippen LogP contribution in [0.15, 0.2) is 42.5 Å². The molecular weight excluding hydrogens is 580 g/mol. The van der Waals surface area contributed by atoms with Crippen molar-refractivity contribution in [3.63, 3.8) is 0 Å². The number of halogens is 1. The molecule has 10 heteroatoms. The topological polar surface area (TPSA) is 91.4 Å². The minimum Gasteiger partial charge on any atom is -0.444 e. The number of nitrogens with one attached hydrogen (secondary N) is 1. The van der Waals surface area contributed by atoms with Crippen LogP contribution in [0.2, 0.25) is 5.02 Å². The van der Waals surface area contributed by atoms with Crippen LogP contribution in [0, 0.1) is 5.92 Å². The van der Waals surface area contributed by atoms with Gasteiger partial charge < -0.3 is 29.5 Å². The first-order chi connectivity index (χ1) is 21.1. The zero-order valence-electron chi connectivity index (χ0n) is 26.3. The number of nitrogens with zero attached hydrogens (tertiary/aromatic N) is 3. The van der Waals surface area contributed by atoms with Gasteiger partial charge in [0.05, 0.1) is 6.04 Å². The van der Waals surface area contributed by atoms with Gasteiger partial charge in [-0.1, -0.05) is 42.0 Å². The number of piperidine rings is 2. The summed E-state index contributed by atoms with van der Waals surface area (Å²) in [6.07, 6.45) is 12.3. The van der Waals surface area contributed by atoms with Crippen molar-refractivity contribution in [2.45, 2.75) is 76.5 Å². The third kappa shape index (κ3) is 8.43. The number of ether oxygens (including phenoxy) is 2. The number of allylic oxidation sites excluding steroid dienone is 2. The molecule has 3 heterocycles. The number of morpholine rings is 1. The SMILES string of the molecule is CC(C)(C)OC(=O)N1CCC(CCNC(=O)c2cc(Cl)ccc2C2CCN(CCN3C(=O)COC4C=CC=CC43)CC2)CC1. The van der Waals surface area contributed by atoms with Gasteiger partial charge in [-0.3, -0.25) is 9.59 Å². The van der Waals surface area contributed by atoms with E-state index in [1.807, 2.05) is 56.0 Å². The van der Waals surface area contributed by atoms with Crippen LogP contribution >= 0.6 is 11.6 Å². The molecule has 1 aromatic carbocycles. The van der Waals surface area contributed by atoms with Crippen LogP contribution in [-0.2, 0) is 14.3 Å². The van der Waals surface area contributed by atoms with E-state index in [-0.39, 0.29) is 42.6 Å². The fourth-order valence-corrected chi connectivity index (χ4v) is 6.89. The van der Waals surface area contributed by atoms with E-state index in [9.17, 15) is 14.4 Å². The molecule has 0 spiro atoms. The molecule has 240 valence electrons. The molecule has 1 N–H and O–H groups in total. The van der Waals surface area contributed by atoms with E-state index in [1.165, 1.54) is 0 Å². The highest BCUT2D eigenvalue weighted by Crippen LogP contribution is 2.32. The van der Waals surface area contributed by atoms with E-state index in [1.54, 1.807) is 11.0 Å². The highest BCUT2D eigenvalue weighted by molar-refractivity contribution is 6.31. The summed E-state index contributed by atoms with van der Waals surface area (Å²) in [4.78, 5) is 44.5. The maximum absolute atomic E-state index is 13.4. The summed E-state index contributed by atoms with van der Waals surface area (Å²) in [5, 5.41) is 3.70. The molecule has 44 heavy (non-hydrogen) atoms. The molecule has 2 atom stereocenters. The zero-order chi connectivity index (χ0) is 31.3. The number of benzene rings is 1. The van der Waals surface area contributed by atoms with Crippen molar-refractivity contribution < 1.29 is 23.9 Å². The van der Waals surface area contributed by atoms with Crippen LogP contribution in [0.25, 0.3) is 0 Å². The normalized spacial score (nSPS) is 23.5. The summed E-state index contributed by atoms with van der Waals surface area (Å²) < 4.78 is 11.2. The third-order valence-electron chi connectivity index (χ3n) is 9.19. The van der Waals surface area contributed by atoms with Gasteiger partial charge in [-0.25, -0.2) is 4.79 Å². The molecule has 3 aliphatic heterocycles. The molecule has 3 saturated heterocycles. The summed E-state index contributed by atoms with van der Waals surface area (Å²) >= 11 is 6.35. The minimum absolute atomic E-state index is 0.0287. The number of rotatable bonds is 8. The van der Waals surface area contributed by atoms with Crippen molar-refractivity contribution >= 4 is 29.5 Å². The third-order valence-corrected chi connectivity index (χ3v) is 9.42. The Hall–Kier alpha value is -2.88. The molecule has 5 rings (SSSR count). The Labute approximate surface area is 266 Å². The average Bonchev–Trinajstić information content (AvgIpc) is 3.00. The Morgan fingerprint density at radius 2 is 1.75 bits per heavy atom. The average molecular weight is 627 g/mol. The maximum Gasteiger partial charge on any atom is 0.410 e. The van der Waals surface area contributed by atoms with Crippen LogP contribution in [0.5, 0.6) is 0 Å². The lowest BCUT2D eigenvalue weighted by molar-refractivity contribution is -0.150. The number of hydrogen-bond donors (Lipinski definition) is 1. The maximum atomic E-state index is 13.4. The van der Waals surface area contributed by atoms with Gasteiger partial charge in [0.2, 0.25) is 5.91 Å².